The highest BCUT2D eigenvalue weighted by Gasteiger charge is 2.09. The summed E-state index contributed by atoms with van der Waals surface area (Å²) in [7, 11) is 0. The van der Waals surface area contributed by atoms with Gasteiger partial charge in [-0.3, -0.25) is 4.79 Å². The number of hydrogen-bond acceptors (Lipinski definition) is 1. The lowest BCUT2D eigenvalue weighted by molar-refractivity contribution is 0.103. The molecule has 0 radical (unpaired) electrons. The van der Waals surface area contributed by atoms with Crippen LogP contribution in [0.4, 0.5) is 0 Å². The number of hydrogen-bond donors (Lipinski definition) is 0. The first kappa shape index (κ1) is 8.95. The lowest BCUT2D eigenvalue weighted by Gasteiger charge is -2.05. The highest BCUT2D eigenvalue weighted by molar-refractivity contribution is 6.10. The average Bonchev–Trinajstić information content (AvgIpc) is 2.30. The van der Waals surface area contributed by atoms with Crippen LogP contribution in [0, 0.1) is 0 Å². The van der Waals surface area contributed by atoms with Crippen molar-refractivity contribution in [1.82, 2.24) is 0 Å². The van der Waals surface area contributed by atoms with Crippen LogP contribution in [0.5, 0.6) is 0 Å². The first-order chi connectivity index (χ1) is 6.88. The Labute approximate surface area is 83.8 Å². The number of allylic oxidation sites excluding steroid dienone is 4. The molecule has 2 rings (SSSR count). The first-order valence-electron chi connectivity index (χ1n) is 4.84. The molecule has 14 heavy (non-hydrogen) atoms. The summed E-state index contributed by atoms with van der Waals surface area (Å²) in [5, 5.41) is 0. The number of carbonyl (C=O) groups excluding carboxylic acids is 1. The van der Waals surface area contributed by atoms with E-state index in [0.717, 1.165) is 24.0 Å². The Morgan fingerprint density at radius 3 is 2.50 bits per heavy atom. The van der Waals surface area contributed by atoms with Crippen LogP contribution in [0.25, 0.3) is 0 Å². The van der Waals surface area contributed by atoms with Gasteiger partial charge < -0.3 is 0 Å². The molecule has 0 spiro atoms. The minimum atomic E-state index is 0.126. The average molecular weight is 184 g/mol. The van der Waals surface area contributed by atoms with E-state index in [2.05, 4.69) is 6.08 Å². The summed E-state index contributed by atoms with van der Waals surface area (Å²) in [5.41, 5.74) is 1.59. The van der Waals surface area contributed by atoms with Crippen LogP contribution in [-0.2, 0) is 0 Å². The zero-order valence-corrected chi connectivity index (χ0v) is 7.94. The molecule has 1 heteroatoms. The van der Waals surface area contributed by atoms with Gasteiger partial charge in [0.25, 0.3) is 0 Å². The van der Waals surface area contributed by atoms with Crippen LogP contribution in [0.3, 0.4) is 0 Å². The van der Waals surface area contributed by atoms with Crippen molar-refractivity contribution in [2.45, 2.75) is 12.8 Å². The zero-order valence-electron chi connectivity index (χ0n) is 7.94. The quantitative estimate of drug-likeness (QED) is 0.645. The van der Waals surface area contributed by atoms with Gasteiger partial charge in [-0.15, -0.1) is 0 Å². The van der Waals surface area contributed by atoms with Crippen molar-refractivity contribution in [3.63, 3.8) is 0 Å². The second-order valence-electron chi connectivity index (χ2n) is 3.33. The van der Waals surface area contributed by atoms with Crippen molar-refractivity contribution in [2.75, 3.05) is 0 Å². The van der Waals surface area contributed by atoms with E-state index in [9.17, 15) is 4.79 Å². The lowest BCUT2D eigenvalue weighted by atomic mass is 9.98. The molecule has 0 fully saturated rings. The fourth-order valence-corrected chi connectivity index (χ4v) is 1.54. The van der Waals surface area contributed by atoms with Gasteiger partial charge in [-0.1, -0.05) is 48.6 Å². The van der Waals surface area contributed by atoms with Crippen molar-refractivity contribution < 1.29 is 4.79 Å². The van der Waals surface area contributed by atoms with Gasteiger partial charge in [0, 0.05) is 11.1 Å². The first-order valence-corrected chi connectivity index (χ1v) is 4.84. The molecule has 0 N–H and O–H groups in total. The van der Waals surface area contributed by atoms with Crippen molar-refractivity contribution in [1.29, 1.82) is 0 Å². The summed E-state index contributed by atoms with van der Waals surface area (Å²) in [4.78, 5) is 11.9. The molecule has 1 aromatic carbocycles. The monoisotopic (exact) mass is 184 g/mol. The Bertz CT molecular complexity index is 385. The third-order valence-electron chi connectivity index (χ3n) is 2.29. The maximum atomic E-state index is 11.9. The normalized spacial score (nSPS) is 15.0. The largest absolute Gasteiger partial charge is 0.289 e. The summed E-state index contributed by atoms with van der Waals surface area (Å²) in [5.74, 6) is 0.126. The van der Waals surface area contributed by atoms with Gasteiger partial charge >= 0.3 is 0 Å². The molecule has 0 heterocycles. The van der Waals surface area contributed by atoms with Gasteiger partial charge in [-0.2, -0.15) is 0 Å². The summed E-state index contributed by atoms with van der Waals surface area (Å²) >= 11 is 0. The molecule has 70 valence electrons. The summed E-state index contributed by atoms with van der Waals surface area (Å²) in [6.45, 7) is 0. The molecule has 1 aromatic rings. The predicted molar refractivity (Wildman–Crippen MR) is 57.2 cm³/mol. The van der Waals surface area contributed by atoms with Gasteiger partial charge in [-0.05, 0) is 12.8 Å². The van der Waals surface area contributed by atoms with Crippen LogP contribution in [0.1, 0.15) is 23.2 Å². The summed E-state index contributed by atoms with van der Waals surface area (Å²) in [6, 6.07) is 9.40. The summed E-state index contributed by atoms with van der Waals surface area (Å²) < 4.78 is 0. The van der Waals surface area contributed by atoms with Crippen LogP contribution >= 0.6 is 0 Å². The van der Waals surface area contributed by atoms with Gasteiger partial charge in [0.15, 0.2) is 5.78 Å². The second-order valence-corrected chi connectivity index (χ2v) is 3.33. The molecular weight excluding hydrogens is 172 g/mol. The van der Waals surface area contributed by atoms with E-state index in [1.165, 1.54) is 0 Å². The molecule has 0 saturated heterocycles. The molecule has 0 saturated carbocycles. The lowest BCUT2D eigenvalue weighted by Crippen LogP contribution is -2.02. The second kappa shape index (κ2) is 4.05. The molecule has 0 atom stereocenters. The Hall–Kier alpha value is -1.63. The Kier molecular flexibility index (Phi) is 2.59. The minimum Gasteiger partial charge on any atom is -0.289 e. The van der Waals surface area contributed by atoms with Gasteiger partial charge in [0.05, 0.1) is 0 Å². The highest BCUT2D eigenvalue weighted by Crippen LogP contribution is 2.15. The van der Waals surface area contributed by atoms with Crippen LogP contribution < -0.4 is 0 Å². The zero-order chi connectivity index (χ0) is 9.80. The van der Waals surface area contributed by atoms with Gasteiger partial charge in [0.1, 0.15) is 0 Å². The van der Waals surface area contributed by atoms with Crippen LogP contribution in [0.15, 0.2) is 54.1 Å². The molecule has 1 aliphatic carbocycles. The molecule has 0 aromatic heterocycles. The number of ketones is 1. The minimum absolute atomic E-state index is 0.126. The van der Waals surface area contributed by atoms with Crippen molar-refractivity contribution in [3.05, 3.63) is 59.7 Å². The fraction of sp³-hybridized carbons (Fsp3) is 0.154. The van der Waals surface area contributed by atoms with Crippen molar-refractivity contribution >= 4 is 5.78 Å². The van der Waals surface area contributed by atoms with E-state index in [4.69, 9.17) is 0 Å². The number of benzene rings is 1. The third-order valence-corrected chi connectivity index (χ3v) is 2.29. The Morgan fingerprint density at radius 2 is 1.86 bits per heavy atom. The van der Waals surface area contributed by atoms with Crippen molar-refractivity contribution in [3.8, 4) is 0 Å². The van der Waals surface area contributed by atoms with E-state index in [1.54, 1.807) is 0 Å². The fourth-order valence-electron chi connectivity index (χ4n) is 1.54. The predicted octanol–water partition coefficient (Wildman–Crippen LogP) is 3.15. The third kappa shape index (κ3) is 1.82. The van der Waals surface area contributed by atoms with E-state index in [1.807, 2.05) is 42.5 Å². The molecule has 1 nitrogen and oxygen atoms in total. The molecule has 0 unspecified atom stereocenters. The van der Waals surface area contributed by atoms with Gasteiger partial charge in [0.2, 0.25) is 0 Å². The maximum Gasteiger partial charge on any atom is 0.192 e. The number of rotatable bonds is 2. The van der Waals surface area contributed by atoms with E-state index in [-0.39, 0.29) is 5.78 Å². The topological polar surface area (TPSA) is 17.1 Å². The van der Waals surface area contributed by atoms with Crippen LogP contribution in [0.2, 0.25) is 0 Å². The Morgan fingerprint density at radius 1 is 1.07 bits per heavy atom. The maximum absolute atomic E-state index is 11.9. The number of carbonyl (C=O) groups is 1. The molecular formula is C13H12O. The SMILES string of the molecule is O=C(C1=CCCC=C1)c1ccccc1. The highest BCUT2D eigenvalue weighted by atomic mass is 16.1. The molecule has 0 bridgehead atoms. The Balaban J connectivity index is 2.25. The molecule has 0 aliphatic heterocycles. The van der Waals surface area contributed by atoms with Crippen LogP contribution in [-0.4, -0.2) is 5.78 Å². The van der Waals surface area contributed by atoms with Crippen molar-refractivity contribution in [2.24, 2.45) is 0 Å². The molecule has 0 amide bonds. The number of Topliss-reactive ketones (excluding diaryl/α,β-unsaturated/α-hetero) is 1. The van der Waals surface area contributed by atoms with Gasteiger partial charge in [-0.25, -0.2) is 0 Å². The summed E-state index contributed by atoms with van der Waals surface area (Å²) in [6.07, 6.45) is 8.00. The van der Waals surface area contributed by atoms with E-state index in [0.29, 0.717) is 0 Å². The van der Waals surface area contributed by atoms with E-state index >= 15 is 0 Å². The smallest absolute Gasteiger partial charge is 0.192 e. The van der Waals surface area contributed by atoms with E-state index < -0.39 is 0 Å². The molecule has 1 aliphatic rings. The standard InChI is InChI=1S/C13H12O/c14-13(11-7-3-1-4-8-11)12-9-5-2-6-10-12/h1,3-5,7-10H,2,6H2.